The van der Waals surface area contributed by atoms with Gasteiger partial charge in [0.05, 0.1) is 11.3 Å². The molecule has 164 valence electrons. The van der Waals surface area contributed by atoms with E-state index in [-0.39, 0.29) is 17.9 Å². The Morgan fingerprint density at radius 1 is 0.818 bits per heavy atom. The standard InChI is InChI=1S/C27H20Cl2N2O2/c1-17-14-24-26(27(33)30(17)19-8-4-2-5-9-19)22(21-13-12-18(28)15-23(21)29)16-25(32)31(24)20-10-6-3-7-11-20/h2-15,22H,16H2,1H3. The van der Waals surface area contributed by atoms with Gasteiger partial charge in [-0.25, -0.2) is 0 Å². The third-order valence-corrected chi connectivity index (χ3v) is 6.55. The Morgan fingerprint density at radius 2 is 1.45 bits per heavy atom. The van der Waals surface area contributed by atoms with Gasteiger partial charge in [-0.15, -0.1) is 0 Å². The zero-order valence-corrected chi connectivity index (χ0v) is 19.3. The van der Waals surface area contributed by atoms with Gasteiger partial charge in [-0.3, -0.25) is 19.1 Å². The minimum atomic E-state index is -0.486. The number of hydrogen-bond acceptors (Lipinski definition) is 2. The number of hydrogen-bond donors (Lipinski definition) is 0. The van der Waals surface area contributed by atoms with Crippen molar-refractivity contribution in [2.75, 3.05) is 4.90 Å². The highest BCUT2D eigenvalue weighted by molar-refractivity contribution is 6.35. The fourth-order valence-electron chi connectivity index (χ4n) is 4.55. The number of para-hydroxylation sites is 2. The lowest BCUT2D eigenvalue weighted by Gasteiger charge is -2.35. The van der Waals surface area contributed by atoms with Gasteiger partial charge >= 0.3 is 0 Å². The molecule has 5 rings (SSSR count). The molecule has 1 atom stereocenters. The van der Waals surface area contributed by atoms with E-state index in [9.17, 15) is 9.59 Å². The van der Waals surface area contributed by atoms with E-state index in [1.54, 1.807) is 27.7 Å². The van der Waals surface area contributed by atoms with Crippen LogP contribution in [0.4, 0.5) is 11.4 Å². The number of amides is 1. The van der Waals surface area contributed by atoms with Crippen molar-refractivity contribution in [3.8, 4) is 5.69 Å². The molecule has 4 aromatic rings. The molecular weight excluding hydrogens is 455 g/mol. The third kappa shape index (κ3) is 3.75. The maximum atomic E-state index is 14.0. The number of benzene rings is 3. The van der Waals surface area contributed by atoms with Crippen molar-refractivity contribution in [1.29, 1.82) is 0 Å². The van der Waals surface area contributed by atoms with Crippen LogP contribution in [0.15, 0.2) is 89.7 Å². The highest BCUT2D eigenvalue weighted by Crippen LogP contribution is 2.44. The van der Waals surface area contributed by atoms with Crippen molar-refractivity contribution in [2.24, 2.45) is 0 Å². The fourth-order valence-corrected chi connectivity index (χ4v) is 5.09. The largest absolute Gasteiger partial charge is 0.281 e. The van der Waals surface area contributed by atoms with Crippen LogP contribution in [0.1, 0.15) is 29.2 Å². The molecule has 0 aliphatic carbocycles. The minimum Gasteiger partial charge on any atom is -0.281 e. The van der Waals surface area contributed by atoms with Crippen LogP contribution in [0.3, 0.4) is 0 Å². The Kier molecular flexibility index (Phi) is 5.57. The van der Waals surface area contributed by atoms with Gasteiger partial charge in [-0.1, -0.05) is 65.7 Å². The molecule has 33 heavy (non-hydrogen) atoms. The van der Waals surface area contributed by atoms with E-state index in [1.807, 2.05) is 73.7 Å². The fraction of sp³-hybridized carbons (Fsp3) is 0.111. The smallest absolute Gasteiger partial charge is 0.261 e. The van der Waals surface area contributed by atoms with Crippen LogP contribution in [0.2, 0.25) is 10.0 Å². The average Bonchev–Trinajstić information content (AvgIpc) is 2.80. The lowest BCUT2D eigenvalue weighted by Crippen LogP contribution is -2.39. The first-order chi connectivity index (χ1) is 16.0. The molecular formula is C27H20Cl2N2O2. The monoisotopic (exact) mass is 474 g/mol. The van der Waals surface area contributed by atoms with E-state index in [1.165, 1.54) is 0 Å². The number of fused-ring (bicyclic) bond motifs is 1. The second-order valence-corrected chi connectivity index (χ2v) is 8.89. The van der Waals surface area contributed by atoms with Crippen LogP contribution in [-0.4, -0.2) is 10.5 Å². The first-order valence-corrected chi connectivity index (χ1v) is 11.4. The van der Waals surface area contributed by atoms with Gasteiger partial charge in [-0.05, 0) is 55.0 Å². The van der Waals surface area contributed by atoms with Gasteiger partial charge in [0.1, 0.15) is 0 Å². The van der Waals surface area contributed by atoms with Crippen molar-refractivity contribution in [2.45, 2.75) is 19.3 Å². The van der Waals surface area contributed by atoms with Crippen LogP contribution in [0.5, 0.6) is 0 Å². The Bertz CT molecular complexity index is 1420. The van der Waals surface area contributed by atoms with E-state index >= 15 is 0 Å². The summed E-state index contributed by atoms with van der Waals surface area (Å²) in [5, 5.41) is 0.938. The number of carbonyl (C=O) groups excluding carboxylic acids is 1. The number of anilines is 2. The van der Waals surface area contributed by atoms with Crippen molar-refractivity contribution in [3.05, 3.63) is 122 Å². The number of nitrogens with zero attached hydrogens (tertiary/aromatic N) is 2. The summed E-state index contributed by atoms with van der Waals surface area (Å²) in [5.74, 6) is -0.582. The first-order valence-electron chi connectivity index (χ1n) is 10.6. The molecule has 0 spiro atoms. The third-order valence-electron chi connectivity index (χ3n) is 5.99. The summed E-state index contributed by atoms with van der Waals surface area (Å²) in [6, 6.07) is 26.0. The minimum absolute atomic E-state index is 0.0963. The molecule has 0 radical (unpaired) electrons. The van der Waals surface area contributed by atoms with E-state index in [2.05, 4.69) is 0 Å². The summed E-state index contributed by atoms with van der Waals surface area (Å²) in [6.45, 7) is 1.88. The average molecular weight is 475 g/mol. The van der Waals surface area contributed by atoms with Crippen LogP contribution >= 0.6 is 23.2 Å². The van der Waals surface area contributed by atoms with E-state index in [0.29, 0.717) is 26.9 Å². The highest BCUT2D eigenvalue weighted by atomic mass is 35.5. The number of rotatable bonds is 3. The number of halogens is 2. The van der Waals surface area contributed by atoms with Crippen LogP contribution in [0, 0.1) is 6.92 Å². The number of carbonyl (C=O) groups is 1. The summed E-state index contributed by atoms with van der Waals surface area (Å²) in [4.78, 5) is 29.1. The molecule has 0 saturated carbocycles. The molecule has 1 aromatic heterocycles. The molecule has 1 aliphatic rings. The van der Waals surface area contributed by atoms with E-state index in [0.717, 1.165) is 17.1 Å². The quantitative estimate of drug-likeness (QED) is 0.333. The lowest BCUT2D eigenvalue weighted by molar-refractivity contribution is -0.118. The Morgan fingerprint density at radius 3 is 2.09 bits per heavy atom. The number of aromatic nitrogens is 1. The molecule has 0 bridgehead atoms. The normalized spacial score (nSPS) is 15.4. The highest BCUT2D eigenvalue weighted by Gasteiger charge is 2.37. The summed E-state index contributed by atoms with van der Waals surface area (Å²) in [7, 11) is 0. The Hall–Kier alpha value is -3.34. The van der Waals surface area contributed by atoms with Gasteiger partial charge < -0.3 is 0 Å². The first kappa shape index (κ1) is 21.5. The molecule has 1 unspecified atom stereocenters. The van der Waals surface area contributed by atoms with Crippen LogP contribution in [0.25, 0.3) is 5.69 Å². The summed E-state index contributed by atoms with van der Waals surface area (Å²) in [5.41, 5.74) is 3.90. The summed E-state index contributed by atoms with van der Waals surface area (Å²) in [6.07, 6.45) is 0.121. The van der Waals surface area contributed by atoms with Gasteiger partial charge in [0.15, 0.2) is 0 Å². The van der Waals surface area contributed by atoms with E-state index in [4.69, 9.17) is 23.2 Å². The maximum absolute atomic E-state index is 14.0. The number of pyridine rings is 1. The van der Waals surface area contributed by atoms with Gasteiger partial charge in [0, 0.05) is 39.5 Å². The van der Waals surface area contributed by atoms with Crippen molar-refractivity contribution < 1.29 is 4.79 Å². The molecule has 1 aliphatic heterocycles. The second kappa shape index (κ2) is 8.54. The van der Waals surface area contributed by atoms with E-state index < -0.39 is 5.92 Å². The Balaban J connectivity index is 1.81. The SMILES string of the molecule is Cc1cc2c(c(=O)n1-c1ccccc1)C(c1ccc(Cl)cc1Cl)CC(=O)N2c1ccccc1. The van der Waals surface area contributed by atoms with Crippen molar-refractivity contribution >= 4 is 40.5 Å². The topological polar surface area (TPSA) is 42.3 Å². The molecule has 6 heteroatoms. The van der Waals surface area contributed by atoms with Gasteiger partial charge in [-0.2, -0.15) is 0 Å². The van der Waals surface area contributed by atoms with Gasteiger partial charge in [0.2, 0.25) is 5.91 Å². The molecule has 1 amide bonds. The molecule has 0 N–H and O–H groups in total. The molecule has 2 heterocycles. The van der Waals surface area contributed by atoms with Gasteiger partial charge in [0.25, 0.3) is 5.56 Å². The molecule has 4 nitrogen and oxygen atoms in total. The zero-order valence-electron chi connectivity index (χ0n) is 17.8. The zero-order chi connectivity index (χ0) is 23.1. The predicted octanol–water partition coefficient (Wildman–Crippen LogP) is 6.65. The predicted molar refractivity (Wildman–Crippen MR) is 133 cm³/mol. The maximum Gasteiger partial charge on any atom is 0.261 e. The van der Waals surface area contributed by atoms with Crippen LogP contribution in [-0.2, 0) is 4.79 Å². The number of aryl methyl sites for hydroxylation is 1. The van der Waals surface area contributed by atoms with Crippen LogP contribution < -0.4 is 10.5 Å². The molecule has 0 fully saturated rings. The van der Waals surface area contributed by atoms with Crippen molar-refractivity contribution in [3.63, 3.8) is 0 Å². The van der Waals surface area contributed by atoms with Crippen molar-refractivity contribution in [1.82, 2.24) is 4.57 Å². The summed E-state index contributed by atoms with van der Waals surface area (Å²) >= 11 is 12.7. The summed E-state index contributed by atoms with van der Waals surface area (Å²) < 4.78 is 1.69. The molecule has 0 saturated heterocycles. The lowest BCUT2D eigenvalue weighted by atomic mass is 9.84. The molecule has 3 aromatic carbocycles. The Labute approximate surface area is 201 Å². The second-order valence-electron chi connectivity index (χ2n) is 8.05.